The van der Waals surface area contributed by atoms with Crippen LogP contribution < -0.4 is 4.90 Å². The summed E-state index contributed by atoms with van der Waals surface area (Å²) in [7, 11) is 0. The summed E-state index contributed by atoms with van der Waals surface area (Å²) in [4.78, 5) is 27.2. The van der Waals surface area contributed by atoms with Gasteiger partial charge < -0.3 is 9.67 Å². The minimum absolute atomic E-state index is 0.0957. The maximum Gasteiger partial charge on any atom is 0.241 e. The van der Waals surface area contributed by atoms with Crippen molar-refractivity contribution < 1.29 is 14.7 Å². The lowest BCUT2D eigenvalue weighted by Crippen LogP contribution is -2.29. The minimum Gasteiger partial charge on any atom is -0.508 e. The number of carbonyl (C=O) groups excluding carboxylic acids is 2. The molecule has 1 aliphatic rings. The number of hydrogen-bond donors (Lipinski definition) is 1. The zero-order valence-corrected chi connectivity index (χ0v) is 16.2. The fourth-order valence-electron chi connectivity index (χ4n) is 4.21. The van der Waals surface area contributed by atoms with Crippen LogP contribution in [0.1, 0.15) is 23.5 Å². The fourth-order valence-corrected chi connectivity index (χ4v) is 4.21. The molecule has 148 valence electrons. The molecule has 0 bridgehead atoms. The molecule has 30 heavy (non-hydrogen) atoms. The average molecular weight is 396 g/mol. The van der Waals surface area contributed by atoms with Crippen molar-refractivity contribution in [2.45, 2.75) is 18.9 Å². The van der Waals surface area contributed by atoms with E-state index in [0.717, 1.165) is 16.5 Å². The van der Waals surface area contributed by atoms with Crippen molar-refractivity contribution in [3.8, 4) is 5.75 Å². The van der Waals surface area contributed by atoms with Gasteiger partial charge in [-0.15, -0.1) is 0 Å². The van der Waals surface area contributed by atoms with E-state index in [1.165, 1.54) is 22.6 Å². The number of para-hydroxylation sites is 1. The van der Waals surface area contributed by atoms with Crippen LogP contribution in [0.25, 0.3) is 10.9 Å². The number of anilines is 1. The number of imide groups is 1. The molecule has 1 saturated heterocycles. The van der Waals surface area contributed by atoms with E-state index in [1.807, 2.05) is 48.7 Å². The quantitative estimate of drug-likeness (QED) is 0.519. The summed E-state index contributed by atoms with van der Waals surface area (Å²) in [5.41, 5.74) is 3.57. The molecule has 0 spiro atoms. The molecule has 1 fully saturated rings. The molecule has 1 atom stereocenters. The van der Waals surface area contributed by atoms with Gasteiger partial charge in [0.15, 0.2) is 0 Å². The molecule has 4 aromatic rings. The number of aromatic hydroxyl groups is 1. The molecule has 1 aromatic heterocycles. The van der Waals surface area contributed by atoms with Crippen molar-refractivity contribution in [3.05, 3.63) is 96.2 Å². The van der Waals surface area contributed by atoms with Crippen LogP contribution in [0.3, 0.4) is 0 Å². The lowest BCUT2D eigenvalue weighted by molar-refractivity contribution is -0.121. The Labute approximate surface area is 173 Å². The van der Waals surface area contributed by atoms with Crippen LogP contribution >= 0.6 is 0 Å². The highest BCUT2D eigenvalue weighted by Crippen LogP contribution is 2.37. The van der Waals surface area contributed by atoms with Gasteiger partial charge in [-0.2, -0.15) is 0 Å². The predicted octanol–water partition coefficient (Wildman–Crippen LogP) is 4.44. The molecule has 1 unspecified atom stereocenters. The molecule has 5 nitrogen and oxygen atoms in total. The van der Waals surface area contributed by atoms with Gasteiger partial charge in [0.1, 0.15) is 5.75 Å². The van der Waals surface area contributed by atoms with Crippen LogP contribution in [0.15, 0.2) is 85.1 Å². The Kier molecular flexibility index (Phi) is 4.36. The van der Waals surface area contributed by atoms with E-state index in [-0.39, 0.29) is 24.0 Å². The second-order valence-corrected chi connectivity index (χ2v) is 7.56. The molecule has 0 radical (unpaired) electrons. The minimum atomic E-state index is -0.520. The largest absolute Gasteiger partial charge is 0.508 e. The molecular formula is C25H20N2O3. The van der Waals surface area contributed by atoms with Crippen molar-refractivity contribution in [3.63, 3.8) is 0 Å². The topological polar surface area (TPSA) is 62.5 Å². The van der Waals surface area contributed by atoms with E-state index < -0.39 is 5.92 Å². The number of rotatable bonds is 4. The van der Waals surface area contributed by atoms with Gasteiger partial charge >= 0.3 is 0 Å². The summed E-state index contributed by atoms with van der Waals surface area (Å²) >= 11 is 0. The van der Waals surface area contributed by atoms with E-state index >= 15 is 0 Å². The number of fused-ring (bicyclic) bond motifs is 1. The number of aromatic nitrogens is 1. The Morgan fingerprint density at radius 1 is 0.867 bits per heavy atom. The maximum atomic E-state index is 13.2. The molecular weight excluding hydrogens is 376 g/mol. The van der Waals surface area contributed by atoms with E-state index in [1.54, 1.807) is 12.1 Å². The summed E-state index contributed by atoms with van der Waals surface area (Å²) in [6, 6.07) is 24.3. The smallest absolute Gasteiger partial charge is 0.241 e. The normalized spacial score (nSPS) is 16.5. The Morgan fingerprint density at radius 3 is 2.33 bits per heavy atom. The first kappa shape index (κ1) is 18.2. The van der Waals surface area contributed by atoms with Gasteiger partial charge in [0.05, 0.1) is 11.6 Å². The molecule has 1 aliphatic heterocycles. The van der Waals surface area contributed by atoms with E-state index in [2.05, 4.69) is 16.7 Å². The third kappa shape index (κ3) is 3.05. The predicted molar refractivity (Wildman–Crippen MR) is 115 cm³/mol. The van der Waals surface area contributed by atoms with E-state index in [4.69, 9.17) is 0 Å². The highest BCUT2D eigenvalue weighted by Gasteiger charge is 2.41. The summed E-state index contributed by atoms with van der Waals surface area (Å²) in [5.74, 6) is -0.879. The second-order valence-electron chi connectivity index (χ2n) is 7.56. The zero-order valence-electron chi connectivity index (χ0n) is 16.2. The summed E-state index contributed by atoms with van der Waals surface area (Å²) < 4.78 is 2.14. The number of nitrogens with zero attached hydrogens (tertiary/aromatic N) is 2. The molecule has 2 amide bonds. The number of amides is 2. The number of hydrogen-bond acceptors (Lipinski definition) is 3. The lowest BCUT2D eigenvalue weighted by Gasteiger charge is -2.15. The number of phenols is 1. The second kappa shape index (κ2) is 7.19. The summed E-state index contributed by atoms with van der Waals surface area (Å²) in [5, 5.41) is 10.5. The monoisotopic (exact) mass is 396 g/mol. The number of phenolic OH excluding ortho intramolecular Hbond substituents is 1. The van der Waals surface area contributed by atoms with Gasteiger partial charge in [-0.1, -0.05) is 48.5 Å². The SMILES string of the molecule is O=C1CC(c2cn(Cc3ccccc3)c3ccccc23)C(=O)N1c1ccc(O)cc1. The van der Waals surface area contributed by atoms with Crippen LogP contribution in [0.2, 0.25) is 0 Å². The van der Waals surface area contributed by atoms with Gasteiger partial charge in [-0.3, -0.25) is 14.5 Å². The third-order valence-corrected chi connectivity index (χ3v) is 5.65. The molecule has 0 aliphatic carbocycles. The molecule has 3 aromatic carbocycles. The van der Waals surface area contributed by atoms with Gasteiger partial charge in [0.2, 0.25) is 11.8 Å². The van der Waals surface area contributed by atoms with E-state index in [0.29, 0.717) is 12.2 Å². The first-order valence-corrected chi connectivity index (χ1v) is 9.89. The number of benzene rings is 3. The first-order valence-electron chi connectivity index (χ1n) is 9.89. The van der Waals surface area contributed by atoms with Crippen LogP contribution in [-0.4, -0.2) is 21.5 Å². The van der Waals surface area contributed by atoms with Crippen LogP contribution in [0.5, 0.6) is 5.75 Å². The van der Waals surface area contributed by atoms with Crippen molar-refractivity contribution in [2.24, 2.45) is 0 Å². The van der Waals surface area contributed by atoms with Crippen molar-refractivity contribution in [1.82, 2.24) is 4.57 Å². The first-order chi connectivity index (χ1) is 14.6. The van der Waals surface area contributed by atoms with Crippen molar-refractivity contribution >= 4 is 28.4 Å². The highest BCUT2D eigenvalue weighted by atomic mass is 16.3. The standard InChI is InChI=1S/C25H20N2O3/c28-19-12-10-18(11-13-19)27-24(29)14-21(25(27)30)22-16-26(15-17-6-2-1-3-7-17)23-9-5-4-8-20(22)23/h1-13,16,21,28H,14-15H2. The molecule has 5 rings (SSSR count). The zero-order chi connectivity index (χ0) is 20.7. The van der Waals surface area contributed by atoms with E-state index in [9.17, 15) is 14.7 Å². The Balaban J connectivity index is 1.54. The Morgan fingerprint density at radius 2 is 1.57 bits per heavy atom. The molecule has 1 N–H and O–H groups in total. The van der Waals surface area contributed by atoms with Crippen LogP contribution in [0, 0.1) is 0 Å². The molecule has 0 saturated carbocycles. The van der Waals surface area contributed by atoms with Gasteiger partial charge in [-0.05, 0) is 41.5 Å². The third-order valence-electron chi connectivity index (χ3n) is 5.65. The lowest BCUT2D eigenvalue weighted by atomic mass is 9.97. The Bertz CT molecular complexity index is 1240. The summed E-state index contributed by atoms with van der Waals surface area (Å²) in [6.07, 6.45) is 2.15. The Hall–Kier alpha value is -3.86. The van der Waals surface area contributed by atoms with Crippen molar-refractivity contribution in [1.29, 1.82) is 0 Å². The van der Waals surface area contributed by atoms with Crippen LogP contribution in [-0.2, 0) is 16.1 Å². The van der Waals surface area contributed by atoms with Gasteiger partial charge in [0.25, 0.3) is 0 Å². The fraction of sp³-hybridized carbons (Fsp3) is 0.120. The highest BCUT2D eigenvalue weighted by molar-refractivity contribution is 6.23. The van der Waals surface area contributed by atoms with Gasteiger partial charge in [-0.25, -0.2) is 0 Å². The molecule has 5 heteroatoms. The number of carbonyl (C=O) groups is 2. The van der Waals surface area contributed by atoms with Crippen LogP contribution in [0.4, 0.5) is 5.69 Å². The maximum absolute atomic E-state index is 13.2. The summed E-state index contributed by atoms with van der Waals surface area (Å²) in [6.45, 7) is 0.692. The molecule has 2 heterocycles. The van der Waals surface area contributed by atoms with Crippen molar-refractivity contribution in [2.75, 3.05) is 4.90 Å². The van der Waals surface area contributed by atoms with Gasteiger partial charge in [0, 0.05) is 30.1 Å². The average Bonchev–Trinajstić information content (AvgIpc) is 3.26.